The minimum atomic E-state index is -0.546. The van der Waals surface area contributed by atoms with Crippen molar-refractivity contribution in [2.24, 2.45) is 5.73 Å². The number of benzene rings is 2. The minimum absolute atomic E-state index is 0.160. The molecule has 0 saturated heterocycles. The van der Waals surface area contributed by atoms with E-state index < -0.39 is 6.04 Å². The second-order valence-corrected chi connectivity index (χ2v) is 5.40. The van der Waals surface area contributed by atoms with Gasteiger partial charge in [0, 0.05) is 10.6 Å². The van der Waals surface area contributed by atoms with Crippen molar-refractivity contribution in [2.45, 2.75) is 17.4 Å². The van der Waals surface area contributed by atoms with Crippen molar-refractivity contribution in [1.82, 2.24) is 0 Å². The van der Waals surface area contributed by atoms with Crippen LogP contribution in [0.15, 0.2) is 59.5 Å². The maximum atomic E-state index is 12.1. The Kier molecular flexibility index (Phi) is 5.21. The van der Waals surface area contributed by atoms with Crippen LogP contribution < -0.4 is 11.1 Å². The lowest BCUT2D eigenvalue weighted by molar-refractivity contribution is -0.117. The molecule has 4 heteroatoms. The summed E-state index contributed by atoms with van der Waals surface area (Å²) in [6.07, 6.45) is 2.54. The van der Waals surface area contributed by atoms with Gasteiger partial charge in [-0.25, -0.2) is 0 Å². The molecule has 0 aliphatic rings. The zero-order chi connectivity index (χ0) is 14.4. The number of carbonyl (C=O) groups is 1. The van der Waals surface area contributed by atoms with E-state index in [0.717, 1.165) is 16.1 Å². The van der Waals surface area contributed by atoms with Gasteiger partial charge in [-0.15, -0.1) is 11.8 Å². The van der Waals surface area contributed by atoms with Crippen LogP contribution >= 0.6 is 11.8 Å². The van der Waals surface area contributed by atoms with E-state index in [2.05, 4.69) is 5.32 Å². The second kappa shape index (κ2) is 7.12. The Bertz CT molecular complexity index is 572. The van der Waals surface area contributed by atoms with Crippen LogP contribution in [0, 0.1) is 0 Å². The summed E-state index contributed by atoms with van der Waals surface area (Å²) in [5.41, 5.74) is 7.80. The summed E-state index contributed by atoms with van der Waals surface area (Å²) in [6.45, 7) is 0. The molecule has 0 heterocycles. The average Bonchev–Trinajstić information content (AvgIpc) is 2.48. The SMILES string of the molecule is CSc1cccc(NC(=O)[C@H](N)Cc2ccccc2)c1. The number of amides is 1. The van der Waals surface area contributed by atoms with Gasteiger partial charge in [0.05, 0.1) is 6.04 Å². The second-order valence-electron chi connectivity index (χ2n) is 4.52. The maximum Gasteiger partial charge on any atom is 0.241 e. The Morgan fingerprint density at radius 1 is 1.20 bits per heavy atom. The van der Waals surface area contributed by atoms with Gasteiger partial charge in [0.25, 0.3) is 0 Å². The Balaban J connectivity index is 1.97. The molecule has 2 aromatic carbocycles. The molecule has 0 aliphatic carbocycles. The summed E-state index contributed by atoms with van der Waals surface area (Å²) in [5, 5.41) is 2.86. The first-order chi connectivity index (χ1) is 9.69. The lowest BCUT2D eigenvalue weighted by Gasteiger charge is -2.12. The molecule has 1 amide bonds. The molecule has 1 atom stereocenters. The summed E-state index contributed by atoms with van der Waals surface area (Å²) in [5.74, 6) is -0.160. The van der Waals surface area contributed by atoms with Crippen molar-refractivity contribution >= 4 is 23.4 Å². The van der Waals surface area contributed by atoms with Gasteiger partial charge in [-0.2, -0.15) is 0 Å². The van der Waals surface area contributed by atoms with Gasteiger partial charge in [-0.05, 0) is 36.4 Å². The van der Waals surface area contributed by atoms with Crippen LogP contribution in [-0.2, 0) is 11.2 Å². The number of hydrogen-bond donors (Lipinski definition) is 2. The van der Waals surface area contributed by atoms with Gasteiger partial charge in [-0.1, -0.05) is 36.4 Å². The third-order valence-electron chi connectivity index (χ3n) is 2.97. The third-order valence-corrected chi connectivity index (χ3v) is 3.70. The predicted octanol–water partition coefficient (Wildman–Crippen LogP) is 2.92. The maximum absolute atomic E-state index is 12.1. The molecule has 2 aromatic rings. The number of carbonyl (C=O) groups excluding carboxylic acids is 1. The average molecular weight is 286 g/mol. The van der Waals surface area contributed by atoms with Crippen molar-refractivity contribution in [3.63, 3.8) is 0 Å². The highest BCUT2D eigenvalue weighted by atomic mass is 32.2. The van der Waals surface area contributed by atoms with E-state index in [0.29, 0.717) is 6.42 Å². The van der Waals surface area contributed by atoms with E-state index in [9.17, 15) is 4.79 Å². The molecule has 0 fully saturated rings. The van der Waals surface area contributed by atoms with Crippen molar-refractivity contribution in [1.29, 1.82) is 0 Å². The fraction of sp³-hybridized carbons (Fsp3) is 0.188. The molecule has 0 aliphatic heterocycles. The molecule has 0 bridgehead atoms. The van der Waals surface area contributed by atoms with E-state index in [1.54, 1.807) is 11.8 Å². The fourth-order valence-corrected chi connectivity index (χ4v) is 2.36. The largest absolute Gasteiger partial charge is 0.325 e. The lowest BCUT2D eigenvalue weighted by Crippen LogP contribution is -2.37. The molecule has 3 nitrogen and oxygen atoms in total. The number of nitrogens with one attached hydrogen (secondary N) is 1. The summed E-state index contributed by atoms with van der Waals surface area (Å²) >= 11 is 1.64. The molecule has 3 N–H and O–H groups in total. The smallest absolute Gasteiger partial charge is 0.241 e. The number of hydrogen-bond acceptors (Lipinski definition) is 3. The van der Waals surface area contributed by atoms with E-state index in [-0.39, 0.29) is 5.91 Å². The van der Waals surface area contributed by atoms with Crippen LogP contribution in [0.25, 0.3) is 0 Å². The van der Waals surface area contributed by atoms with E-state index in [1.807, 2.05) is 60.9 Å². The first-order valence-electron chi connectivity index (χ1n) is 6.43. The Morgan fingerprint density at radius 2 is 1.95 bits per heavy atom. The van der Waals surface area contributed by atoms with Crippen molar-refractivity contribution < 1.29 is 4.79 Å². The quantitative estimate of drug-likeness (QED) is 0.831. The Labute approximate surface area is 123 Å². The van der Waals surface area contributed by atoms with Gasteiger partial charge < -0.3 is 11.1 Å². The molecule has 0 aromatic heterocycles. The number of rotatable bonds is 5. The van der Waals surface area contributed by atoms with Crippen molar-refractivity contribution in [2.75, 3.05) is 11.6 Å². The Hall–Kier alpha value is -1.78. The minimum Gasteiger partial charge on any atom is -0.325 e. The standard InChI is InChI=1S/C16H18N2OS/c1-20-14-9-5-8-13(11-14)18-16(19)15(17)10-12-6-3-2-4-7-12/h2-9,11,15H,10,17H2,1H3,(H,18,19)/t15-/m1/s1. The van der Waals surface area contributed by atoms with Crippen LogP contribution in [0.2, 0.25) is 0 Å². The molecule has 0 saturated carbocycles. The first-order valence-corrected chi connectivity index (χ1v) is 7.66. The topological polar surface area (TPSA) is 55.1 Å². The molecular weight excluding hydrogens is 268 g/mol. The molecule has 20 heavy (non-hydrogen) atoms. The van der Waals surface area contributed by atoms with Crippen molar-refractivity contribution in [3.8, 4) is 0 Å². The van der Waals surface area contributed by atoms with Gasteiger partial charge in [0.1, 0.15) is 0 Å². The molecule has 0 radical (unpaired) electrons. The van der Waals surface area contributed by atoms with Crippen LogP contribution in [-0.4, -0.2) is 18.2 Å². The molecular formula is C16H18N2OS. The molecule has 0 unspecified atom stereocenters. The van der Waals surface area contributed by atoms with Crippen molar-refractivity contribution in [3.05, 3.63) is 60.2 Å². The highest BCUT2D eigenvalue weighted by Crippen LogP contribution is 2.19. The van der Waals surface area contributed by atoms with E-state index >= 15 is 0 Å². The highest BCUT2D eigenvalue weighted by Gasteiger charge is 2.14. The number of thioether (sulfide) groups is 1. The zero-order valence-corrected chi connectivity index (χ0v) is 12.2. The van der Waals surface area contributed by atoms with E-state index in [4.69, 9.17) is 5.73 Å². The van der Waals surface area contributed by atoms with Crippen LogP contribution in [0.1, 0.15) is 5.56 Å². The zero-order valence-electron chi connectivity index (χ0n) is 11.4. The normalized spacial score (nSPS) is 11.9. The fourth-order valence-electron chi connectivity index (χ4n) is 1.90. The molecule has 104 valence electrons. The van der Waals surface area contributed by atoms with Gasteiger partial charge in [-0.3, -0.25) is 4.79 Å². The van der Waals surface area contributed by atoms with Crippen LogP contribution in [0.4, 0.5) is 5.69 Å². The summed E-state index contributed by atoms with van der Waals surface area (Å²) in [7, 11) is 0. The van der Waals surface area contributed by atoms with Crippen LogP contribution in [0.5, 0.6) is 0 Å². The van der Waals surface area contributed by atoms with Gasteiger partial charge in [0.15, 0.2) is 0 Å². The summed E-state index contributed by atoms with van der Waals surface area (Å²) < 4.78 is 0. The number of nitrogens with two attached hydrogens (primary N) is 1. The Morgan fingerprint density at radius 3 is 2.65 bits per heavy atom. The molecule has 0 spiro atoms. The van der Waals surface area contributed by atoms with Gasteiger partial charge in [0.2, 0.25) is 5.91 Å². The predicted molar refractivity (Wildman–Crippen MR) is 85.0 cm³/mol. The number of anilines is 1. The van der Waals surface area contributed by atoms with Gasteiger partial charge >= 0.3 is 0 Å². The first kappa shape index (κ1) is 14.6. The molecule has 2 rings (SSSR count). The monoisotopic (exact) mass is 286 g/mol. The third kappa shape index (κ3) is 4.11. The van der Waals surface area contributed by atoms with E-state index in [1.165, 1.54) is 0 Å². The lowest BCUT2D eigenvalue weighted by atomic mass is 10.1. The summed E-state index contributed by atoms with van der Waals surface area (Å²) in [4.78, 5) is 13.2. The summed E-state index contributed by atoms with van der Waals surface area (Å²) in [6, 6.07) is 17.0. The van der Waals surface area contributed by atoms with Crippen LogP contribution in [0.3, 0.4) is 0 Å². The highest BCUT2D eigenvalue weighted by molar-refractivity contribution is 7.98.